The topological polar surface area (TPSA) is 88.7 Å². The highest BCUT2D eigenvalue weighted by atomic mass is 32.1. The molecule has 0 unspecified atom stereocenters. The Morgan fingerprint density at radius 1 is 0.684 bits per heavy atom. The van der Waals surface area contributed by atoms with Crippen molar-refractivity contribution in [1.82, 2.24) is 5.32 Å². The number of aryl methyl sites for hydroxylation is 1. The molecular weight excluding hydrogens is 498 g/mol. The monoisotopic (exact) mass is 525 g/mol. The molecule has 0 atom stereocenters. The zero-order valence-electron chi connectivity index (χ0n) is 20.8. The summed E-state index contributed by atoms with van der Waals surface area (Å²) in [7, 11) is 0. The number of benzene rings is 4. The van der Waals surface area contributed by atoms with Gasteiger partial charge in [0.15, 0.2) is 5.11 Å². The predicted octanol–water partition coefficient (Wildman–Crippen LogP) is 5.83. The van der Waals surface area contributed by atoms with Gasteiger partial charge in [-0.15, -0.1) is 0 Å². The maximum Gasteiger partial charge on any atom is 0.257 e. The fourth-order valence-electron chi connectivity index (χ4n) is 3.54. The summed E-state index contributed by atoms with van der Waals surface area (Å²) in [5, 5.41) is 8.74. The minimum atomic E-state index is -0.343. The third-order valence-electron chi connectivity index (χ3n) is 5.48. The third-order valence-corrected chi connectivity index (χ3v) is 5.68. The molecule has 4 aromatic rings. The number of hydrogen-bond donors (Lipinski definition) is 3. The lowest BCUT2D eigenvalue weighted by molar-refractivity contribution is 0.0976. The van der Waals surface area contributed by atoms with Crippen LogP contribution in [0.5, 0.6) is 11.5 Å². The van der Waals surface area contributed by atoms with E-state index in [0.717, 1.165) is 11.3 Å². The number of thiocarbonyl (C=S) groups is 1. The summed E-state index contributed by atoms with van der Waals surface area (Å²) >= 11 is 5.31. The van der Waals surface area contributed by atoms with Crippen LogP contribution < -0.4 is 25.4 Å². The number of ether oxygens (including phenoxy) is 2. The molecule has 0 radical (unpaired) electrons. The second-order valence-electron chi connectivity index (χ2n) is 8.29. The molecule has 7 nitrogen and oxygen atoms in total. The molecule has 0 aliphatic carbocycles. The third kappa shape index (κ3) is 7.65. The maximum absolute atomic E-state index is 12.6. The van der Waals surface area contributed by atoms with Gasteiger partial charge in [-0.25, -0.2) is 0 Å². The van der Waals surface area contributed by atoms with Crippen LogP contribution in [0.15, 0.2) is 103 Å². The predicted molar refractivity (Wildman–Crippen MR) is 153 cm³/mol. The Hall–Kier alpha value is -4.69. The first-order valence-electron chi connectivity index (χ1n) is 12.0. The van der Waals surface area contributed by atoms with Crippen molar-refractivity contribution in [2.45, 2.75) is 6.92 Å². The van der Waals surface area contributed by atoms with Crippen LogP contribution in [-0.2, 0) is 0 Å². The van der Waals surface area contributed by atoms with E-state index in [1.807, 2.05) is 61.5 Å². The summed E-state index contributed by atoms with van der Waals surface area (Å²) in [6.45, 7) is 2.67. The number of carbonyl (C=O) groups excluding carboxylic acids is 2. The molecule has 8 heteroatoms. The molecule has 0 spiro atoms. The van der Waals surface area contributed by atoms with Crippen LogP contribution in [0.3, 0.4) is 0 Å². The molecule has 4 rings (SSSR count). The lowest BCUT2D eigenvalue weighted by atomic mass is 10.1. The normalized spacial score (nSPS) is 10.2. The molecule has 0 aliphatic heterocycles. The van der Waals surface area contributed by atoms with Gasteiger partial charge in [-0.05, 0) is 91.4 Å². The second-order valence-corrected chi connectivity index (χ2v) is 8.70. The van der Waals surface area contributed by atoms with E-state index < -0.39 is 0 Å². The summed E-state index contributed by atoms with van der Waals surface area (Å²) < 4.78 is 11.3. The molecule has 3 N–H and O–H groups in total. The highest BCUT2D eigenvalue weighted by Gasteiger charge is 2.11. The molecule has 0 heterocycles. The van der Waals surface area contributed by atoms with Gasteiger partial charge in [-0.2, -0.15) is 0 Å². The van der Waals surface area contributed by atoms with Crippen LogP contribution in [-0.4, -0.2) is 30.1 Å². The molecule has 0 aromatic heterocycles. The van der Waals surface area contributed by atoms with Crippen molar-refractivity contribution >= 4 is 40.5 Å². The number of amides is 2. The van der Waals surface area contributed by atoms with E-state index in [0.29, 0.717) is 41.5 Å². The number of anilines is 2. The standard InChI is InChI=1S/C30H27N3O4S/c1-21-20-24(14-17-27(21)32-28(34)22-8-4-2-5-9-22)31-30(38)33-29(35)23-12-15-26(16-13-23)37-19-18-36-25-10-6-3-7-11-25/h2-17,20H,18-19H2,1H3,(H,32,34)(H2,31,33,35,38). The molecule has 0 fully saturated rings. The first kappa shape index (κ1) is 26.4. The zero-order chi connectivity index (χ0) is 26.7. The minimum Gasteiger partial charge on any atom is -0.490 e. The summed E-state index contributed by atoms with van der Waals surface area (Å²) in [4.78, 5) is 25.0. The fourth-order valence-corrected chi connectivity index (χ4v) is 3.75. The number of rotatable bonds is 9. The highest BCUT2D eigenvalue weighted by Crippen LogP contribution is 2.21. The van der Waals surface area contributed by atoms with E-state index in [1.54, 1.807) is 48.5 Å². The van der Waals surface area contributed by atoms with Crippen molar-refractivity contribution in [3.05, 3.63) is 120 Å². The van der Waals surface area contributed by atoms with E-state index in [4.69, 9.17) is 21.7 Å². The first-order valence-corrected chi connectivity index (χ1v) is 12.4. The summed E-state index contributed by atoms with van der Waals surface area (Å²) in [6, 6.07) is 30.7. The summed E-state index contributed by atoms with van der Waals surface area (Å²) in [5.74, 6) is 0.890. The van der Waals surface area contributed by atoms with Crippen LogP contribution in [0.4, 0.5) is 11.4 Å². The number of hydrogen-bond acceptors (Lipinski definition) is 5. The summed E-state index contributed by atoms with van der Waals surface area (Å²) in [5.41, 5.74) is 3.24. The molecule has 0 aliphatic rings. The van der Waals surface area contributed by atoms with Gasteiger partial charge in [-0.1, -0.05) is 36.4 Å². The van der Waals surface area contributed by atoms with Gasteiger partial charge in [-0.3, -0.25) is 14.9 Å². The SMILES string of the molecule is Cc1cc(NC(=S)NC(=O)c2ccc(OCCOc3ccccc3)cc2)ccc1NC(=O)c1ccccc1. The second kappa shape index (κ2) is 13.0. The lowest BCUT2D eigenvalue weighted by Gasteiger charge is -2.13. The average molecular weight is 526 g/mol. The molecule has 0 bridgehead atoms. The largest absolute Gasteiger partial charge is 0.490 e. The maximum atomic E-state index is 12.6. The van der Waals surface area contributed by atoms with Crippen molar-refractivity contribution in [2.75, 3.05) is 23.8 Å². The Balaban J connectivity index is 1.23. The highest BCUT2D eigenvalue weighted by molar-refractivity contribution is 7.80. The Bertz CT molecular complexity index is 1390. The van der Waals surface area contributed by atoms with Gasteiger partial charge < -0.3 is 20.1 Å². The van der Waals surface area contributed by atoms with E-state index in [9.17, 15) is 9.59 Å². The van der Waals surface area contributed by atoms with E-state index >= 15 is 0 Å². The van der Waals surface area contributed by atoms with Crippen LogP contribution in [0.25, 0.3) is 0 Å². The van der Waals surface area contributed by atoms with Crippen LogP contribution in [0, 0.1) is 6.92 Å². The number of carbonyl (C=O) groups is 2. The smallest absolute Gasteiger partial charge is 0.257 e. The molecule has 38 heavy (non-hydrogen) atoms. The summed E-state index contributed by atoms with van der Waals surface area (Å²) in [6.07, 6.45) is 0. The fraction of sp³-hybridized carbons (Fsp3) is 0.100. The Morgan fingerprint density at radius 3 is 1.89 bits per heavy atom. The van der Waals surface area contributed by atoms with Crippen LogP contribution in [0.2, 0.25) is 0 Å². The van der Waals surface area contributed by atoms with Crippen molar-refractivity contribution in [1.29, 1.82) is 0 Å². The lowest BCUT2D eigenvalue weighted by Crippen LogP contribution is -2.34. The van der Waals surface area contributed by atoms with Crippen molar-refractivity contribution < 1.29 is 19.1 Å². The van der Waals surface area contributed by atoms with Crippen molar-refractivity contribution in [3.8, 4) is 11.5 Å². The van der Waals surface area contributed by atoms with Crippen LogP contribution >= 0.6 is 12.2 Å². The van der Waals surface area contributed by atoms with Gasteiger partial charge in [0.25, 0.3) is 11.8 Å². The van der Waals surface area contributed by atoms with E-state index in [2.05, 4.69) is 16.0 Å². The van der Waals surface area contributed by atoms with Gasteiger partial charge in [0.05, 0.1) is 0 Å². The van der Waals surface area contributed by atoms with Crippen molar-refractivity contribution in [3.63, 3.8) is 0 Å². The molecule has 2 amide bonds. The van der Waals surface area contributed by atoms with E-state index in [-0.39, 0.29) is 16.9 Å². The van der Waals surface area contributed by atoms with Gasteiger partial charge in [0.1, 0.15) is 24.7 Å². The van der Waals surface area contributed by atoms with Gasteiger partial charge >= 0.3 is 0 Å². The minimum absolute atomic E-state index is 0.161. The average Bonchev–Trinajstić information content (AvgIpc) is 2.94. The number of para-hydroxylation sites is 1. The molecular formula is C30H27N3O4S. The Kier molecular flexibility index (Phi) is 9.04. The van der Waals surface area contributed by atoms with Gasteiger partial charge in [0.2, 0.25) is 0 Å². The zero-order valence-corrected chi connectivity index (χ0v) is 21.6. The molecule has 192 valence electrons. The van der Waals surface area contributed by atoms with Crippen LogP contribution in [0.1, 0.15) is 26.3 Å². The Morgan fingerprint density at radius 2 is 1.26 bits per heavy atom. The van der Waals surface area contributed by atoms with Crippen molar-refractivity contribution in [2.24, 2.45) is 0 Å². The Labute approximate surface area is 226 Å². The quantitative estimate of drug-likeness (QED) is 0.188. The molecule has 0 saturated heterocycles. The molecule has 0 saturated carbocycles. The van der Waals surface area contributed by atoms with Gasteiger partial charge in [0, 0.05) is 22.5 Å². The number of nitrogens with one attached hydrogen (secondary N) is 3. The van der Waals surface area contributed by atoms with E-state index in [1.165, 1.54) is 0 Å². The first-order chi connectivity index (χ1) is 18.5. The molecule has 4 aromatic carbocycles.